The quantitative estimate of drug-likeness (QED) is 0.285. The Morgan fingerprint density at radius 1 is 0.697 bits per heavy atom. The zero-order chi connectivity index (χ0) is 23.2. The molecule has 2 heteroatoms. The maximum absolute atomic E-state index is 6.30. The molecule has 0 unspecified atom stereocenters. The molecule has 0 bridgehead atoms. The number of benzene rings is 3. The SMILES string of the molecule is Cc1ccnc(-c2cccc(-c3ccc4oc(-c5ccc(C(C)(C)C)cc5)c(C)c4c3)c2)c1. The molecule has 0 saturated heterocycles. The minimum absolute atomic E-state index is 0.138. The van der Waals surface area contributed by atoms with Gasteiger partial charge in [0.1, 0.15) is 11.3 Å². The van der Waals surface area contributed by atoms with Gasteiger partial charge in [-0.2, -0.15) is 0 Å². The van der Waals surface area contributed by atoms with Gasteiger partial charge in [-0.3, -0.25) is 4.98 Å². The van der Waals surface area contributed by atoms with E-state index < -0.39 is 0 Å². The lowest BCUT2D eigenvalue weighted by Crippen LogP contribution is -2.10. The highest BCUT2D eigenvalue weighted by atomic mass is 16.3. The fourth-order valence-electron chi connectivity index (χ4n) is 4.35. The fraction of sp³-hybridized carbons (Fsp3) is 0.194. The summed E-state index contributed by atoms with van der Waals surface area (Å²) in [7, 11) is 0. The van der Waals surface area contributed by atoms with Crippen molar-refractivity contribution < 1.29 is 4.42 Å². The van der Waals surface area contributed by atoms with E-state index in [9.17, 15) is 0 Å². The third kappa shape index (κ3) is 4.09. The van der Waals surface area contributed by atoms with Crippen LogP contribution in [0.4, 0.5) is 0 Å². The van der Waals surface area contributed by atoms with Crippen LogP contribution in [0.25, 0.3) is 44.7 Å². The van der Waals surface area contributed by atoms with E-state index in [0.717, 1.165) is 33.6 Å². The minimum atomic E-state index is 0.138. The second-order valence-electron chi connectivity index (χ2n) is 9.89. The third-order valence-corrected chi connectivity index (χ3v) is 6.36. The first-order valence-corrected chi connectivity index (χ1v) is 11.5. The molecule has 2 aromatic heterocycles. The molecular weight excluding hydrogens is 402 g/mol. The number of aromatic nitrogens is 1. The van der Waals surface area contributed by atoms with Crippen molar-refractivity contribution in [3.05, 3.63) is 102 Å². The second kappa shape index (κ2) is 8.04. The summed E-state index contributed by atoms with van der Waals surface area (Å²) in [6, 6.07) is 28.0. The van der Waals surface area contributed by atoms with Gasteiger partial charge in [0.2, 0.25) is 0 Å². The molecule has 3 aromatic carbocycles. The van der Waals surface area contributed by atoms with Crippen LogP contribution in [0.2, 0.25) is 0 Å². The smallest absolute Gasteiger partial charge is 0.138 e. The molecule has 164 valence electrons. The first kappa shape index (κ1) is 21.2. The molecule has 5 rings (SSSR count). The van der Waals surface area contributed by atoms with Crippen molar-refractivity contribution in [2.24, 2.45) is 0 Å². The lowest BCUT2D eigenvalue weighted by molar-refractivity contribution is 0.590. The molecule has 0 N–H and O–H groups in total. The van der Waals surface area contributed by atoms with Crippen LogP contribution in [0, 0.1) is 13.8 Å². The Bertz CT molecular complexity index is 1450. The van der Waals surface area contributed by atoms with Gasteiger partial charge in [0.05, 0.1) is 5.69 Å². The van der Waals surface area contributed by atoms with E-state index in [-0.39, 0.29) is 5.41 Å². The molecule has 33 heavy (non-hydrogen) atoms. The first-order chi connectivity index (χ1) is 15.8. The van der Waals surface area contributed by atoms with Gasteiger partial charge in [0.25, 0.3) is 0 Å². The van der Waals surface area contributed by atoms with Crippen molar-refractivity contribution in [3.8, 4) is 33.7 Å². The molecule has 2 nitrogen and oxygen atoms in total. The normalized spacial score (nSPS) is 11.8. The van der Waals surface area contributed by atoms with E-state index >= 15 is 0 Å². The summed E-state index contributed by atoms with van der Waals surface area (Å²) in [6.45, 7) is 11.0. The highest BCUT2D eigenvalue weighted by Crippen LogP contribution is 2.36. The van der Waals surface area contributed by atoms with Crippen LogP contribution in [0.5, 0.6) is 0 Å². The van der Waals surface area contributed by atoms with Crippen LogP contribution in [-0.2, 0) is 5.41 Å². The van der Waals surface area contributed by atoms with Crippen molar-refractivity contribution >= 4 is 11.0 Å². The number of hydrogen-bond acceptors (Lipinski definition) is 2. The molecule has 0 aliphatic heterocycles. The number of furan rings is 1. The first-order valence-electron chi connectivity index (χ1n) is 11.5. The Morgan fingerprint density at radius 2 is 1.39 bits per heavy atom. The van der Waals surface area contributed by atoms with Gasteiger partial charge in [-0.05, 0) is 71.8 Å². The zero-order valence-electron chi connectivity index (χ0n) is 19.9. The minimum Gasteiger partial charge on any atom is -0.456 e. The van der Waals surface area contributed by atoms with Gasteiger partial charge in [-0.1, -0.05) is 69.3 Å². The van der Waals surface area contributed by atoms with Gasteiger partial charge >= 0.3 is 0 Å². The van der Waals surface area contributed by atoms with Gasteiger partial charge < -0.3 is 4.42 Å². The third-order valence-electron chi connectivity index (χ3n) is 6.36. The van der Waals surface area contributed by atoms with Crippen LogP contribution in [-0.4, -0.2) is 4.98 Å². The van der Waals surface area contributed by atoms with Crippen molar-refractivity contribution in [1.82, 2.24) is 4.98 Å². The molecule has 0 atom stereocenters. The Kier molecular flexibility index (Phi) is 5.17. The summed E-state index contributed by atoms with van der Waals surface area (Å²) in [5, 5.41) is 1.15. The lowest BCUT2D eigenvalue weighted by atomic mass is 9.86. The van der Waals surface area contributed by atoms with Crippen LogP contribution in [0.15, 0.2) is 89.5 Å². The Labute approximate surface area is 195 Å². The van der Waals surface area contributed by atoms with E-state index in [1.54, 1.807) is 0 Å². The molecule has 0 saturated carbocycles. The number of fused-ring (bicyclic) bond motifs is 1. The van der Waals surface area contributed by atoms with E-state index in [0.29, 0.717) is 0 Å². The average Bonchev–Trinajstić information content (AvgIpc) is 3.14. The van der Waals surface area contributed by atoms with Gasteiger partial charge in [-0.15, -0.1) is 0 Å². The molecule has 0 fully saturated rings. The Balaban J connectivity index is 1.54. The molecule has 0 aliphatic carbocycles. The molecular formula is C31H29NO. The zero-order valence-corrected chi connectivity index (χ0v) is 19.9. The number of hydrogen-bond donors (Lipinski definition) is 0. The predicted octanol–water partition coefficient (Wildman–Crippen LogP) is 8.74. The second-order valence-corrected chi connectivity index (χ2v) is 9.89. The highest BCUT2D eigenvalue weighted by molar-refractivity contribution is 5.91. The largest absolute Gasteiger partial charge is 0.456 e. The van der Waals surface area contributed by atoms with Crippen LogP contribution < -0.4 is 0 Å². The van der Waals surface area contributed by atoms with Crippen LogP contribution >= 0.6 is 0 Å². The predicted molar refractivity (Wildman–Crippen MR) is 138 cm³/mol. The van der Waals surface area contributed by atoms with Gasteiger partial charge in [0.15, 0.2) is 0 Å². The summed E-state index contributed by atoms with van der Waals surface area (Å²) in [5.41, 5.74) is 10.4. The molecule has 2 heterocycles. The molecule has 0 spiro atoms. The van der Waals surface area contributed by atoms with E-state index in [2.05, 4.69) is 112 Å². The lowest BCUT2D eigenvalue weighted by Gasteiger charge is -2.18. The number of aryl methyl sites for hydroxylation is 2. The van der Waals surface area contributed by atoms with Crippen molar-refractivity contribution in [3.63, 3.8) is 0 Å². The summed E-state index contributed by atoms with van der Waals surface area (Å²) in [5.74, 6) is 0.945. The summed E-state index contributed by atoms with van der Waals surface area (Å²) >= 11 is 0. The van der Waals surface area contributed by atoms with Crippen LogP contribution in [0.3, 0.4) is 0 Å². The van der Waals surface area contributed by atoms with E-state index in [4.69, 9.17) is 4.42 Å². The number of pyridine rings is 1. The molecule has 0 aliphatic rings. The maximum atomic E-state index is 6.30. The van der Waals surface area contributed by atoms with Crippen molar-refractivity contribution in [2.75, 3.05) is 0 Å². The average molecular weight is 432 g/mol. The summed E-state index contributed by atoms with van der Waals surface area (Å²) < 4.78 is 6.30. The Hall–Kier alpha value is -3.65. The topological polar surface area (TPSA) is 26.0 Å². The van der Waals surface area contributed by atoms with Crippen molar-refractivity contribution in [2.45, 2.75) is 40.0 Å². The summed E-state index contributed by atoms with van der Waals surface area (Å²) in [6.07, 6.45) is 1.87. The standard InChI is InChI=1S/C31H29NO/c1-20-15-16-32-28(17-20)25-8-6-7-23(18-25)24-11-14-29-27(19-24)21(2)30(33-29)22-9-12-26(13-10-22)31(3,4)5/h6-19H,1-5H3. The van der Waals surface area contributed by atoms with E-state index in [1.165, 1.54) is 27.8 Å². The van der Waals surface area contributed by atoms with Gasteiger partial charge in [-0.25, -0.2) is 0 Å². The van der Waals surface area contributed by atoms with Crippen molar-refractivity contribution in [1.29, 1.82) is 0 Å². The fourth-order valence-corrected chi connectivity index (χ4v) is 4.35. The number of rotatable bonds is 3. The van der Waals surface area contributed by atoms with Crippen LogP contribution in [0.1, 0.15) is 37.5 Å². The highest BCUT2D eigenvalue weighted by Gasteiger charge is 2.16. The maximum Gasteiger partial charge on any atom is 0.138 e. The number of nitrogens with zero attached hydrogens (tertiary/aromatic N) is 1. The monoisotopic (exact) mass is 431 g/mol. The Morgan fingerprint density at radius 3 is 2.12 bits per heavy atom. The van der Waals surface area contributed by atoms with Gasteiger partial charge in [0, 0.05) is 28.3 Å². The molecule has 0 radical (unpaired) electrons. The molecule has 0 amide bonds. The molecule has 5 aromatic rings. The summed E-state index contributed by atoms with van der Waals surface area (Å²) in [4.78, 5) is 4.55. The van der Waals surface area contributed by atoms with E-state index in [1.807, 2.05) is 12.3 Å².